The Morgan fingerprint density at radius 2 is 1.56 bits per heavy atom. The molecule has 4 rings (SSSR count). The van der Waals surface area contributed by atoms with E-state index >= 15 is 0 Å². The third-order valence-electron chi connectivity index (χ3n) is 8.17. The van der Waals surface area contributed by atoms with Crippen LogP contribution in [0.1, 0.15) is 54.4 Å². The van der Waals surface area contributed by atoms with Gasteiger partial charge in [0, 0.05) is 78.3 Å². The summed E-state index contributed by atoms with van der Waals surface area (Å²) in [6.07, 6.45) is 5.77. The van der Waals surface area contributed by atoms with E-state index in [1.165, 1.54) is 6.42 Å². The van der Waals surface area contributed by atoms with Gasteiger partial charge in [-0.05, 0) is 54.8 Å². The highest BCUT2D eigenvalue weighted by atomic mass is 35.5. The van der Waals surface area contributed by atoms with Crippen molar-refractivity contribution >= 4 is 52.5 Å². The van der Waals surface area contributed by atoms with Crippen molar-refractivity contribution in [1.82, 2.24) is 20.4 Å². The Labute approximate surface area is 256 Å². The number of carbonyl (C=O) groups excluding carboxylic acids is 3. The maximum absolute atomic E-state index is 13.7. The first-order valence-corrected chi connectivity index (χ1v) is 15.3. The van der Waals surface area contributed by atoms with Gasteiger partial charge < -0.3 is 21.3 Å². The summed E-state index contributed by atoms with van der Waals surface area (Å²) in [5, 5.41) is 7.58. The van der Waals surface area contributed by atoms with Gasteiger partial charge in [0.1, 0.15) is 6.04 Å². The second-order valence-electron chi connectivity index (χ2n) is 10.9. The molecule has 1 aliphatic heterocycles. The molecule has 4 N–H and O–H groups in total. The minimum Gasteiger partial charge on any atom is -0.350 e. The van der Waals surface area contributed by atoms with Crippen LogP contribution < -0.4 is 16.4 Å². The first-order chi connectivity index (χ1) is 19.7. The summed E-state index contributed by atoms with van der Waals surface area (Å²) >= 11 is 18.4. The first kappa shape index (κ1) is 31.6. The zero-order valence-electron chi connectivity index (χ0n) is 23.1. The predicted molar refractivity (Wildman–Crippen MR) is 164 cm³/mol. The van der Waals surface area contributed by atoms with E-state index in [2.05, 4.69) is 15.5 Å². The molecule has 11 heteroatoms. The van der Waals surface area contributed by atoms with Crippen molar-refractivity contribution in [3.05, 3.63) is 68.7 Å². The Balaban J connectivity index is 1.42. The van der Waals surface area contributed by atoms with Crippen molar-refractivity contribution in [2.45, 2.75) is 56.5 Å². The van der Waals surface area contributed by atoms with Crippen LogP contribution in [0.25, 0.3) is 0 Å². The monoisotopic (exact) mass is 621 g/mol. The Bertz CT molecular complexity index is 1210. The van der Waals surface area contributed by atoms with Gasteiger partial charge in [-0.2, -0.15) is 0 Å². The van der Waals surface area contributed by atoms with Gasteiger partial charge in [-0.3, -0.25) is 19.3 Å². The maximum atomic E-state index is 13.7. The molecule has 0 spiro atoms. The van der Waals surface area contributed by atoms with Crippen LogP contribution >= 0.6 is 34.8 Å². The van der Waals surface area contributed by atoms with E-state index in [1.807, 2.05) is 4.90 Å². The smallest absolute Gasteiger partial charge is 0.251 e. The molecule has 1 aliphatic carbocycles. The SMILES string of the molecule is NCCC(=O)N[C@H](Cc1ccc(Cl)cc1Cl)C(=O)N1CCN(C2(CNC(=O)c3ccc(Cl)cc3)CCCCC2)CC1. The average molecular weight is 623 g/mol. The molecule has 0 bridgehead atoms. The molecule has 1 heterocycles. The van der Waals surface area contributed by atoms with Crippen LogP contribution in [0.4, 0.5) is 0 Å². The molecule has 0 aromatic heterocycles. The zero-order chi connectivity index (χ0) is 29.4. The number of nitrogens with one attached hydrogen (secondary N) is 2. The lowest BCUT2D eigenvalue weighted by molar-refractivity contribution is -0.139. The number of nitrogens with two attached hydrogens (primary N) is 1. The van der Waals surface area contributed by atoms with Crippen LogP contribution in [0, 0.1) is 0 Å². The number of benzene rings is 2. The normalized spacial score (nSPS) is 18.0. The van der Waals surface area contributed by atoms with E-state index in [0.29, 0.717) is 53.4 Å². The van der Waals surface area contributed by atoms with Crippen molar-refractivity contribution < 1.29 is 14.4 Å². The van der Waals surface area contributed by atoms with Gasteiger partial charge in [0.15, 0.2) is 0 Å². The van der Waals surface area contributed by atoms with Crippen LogP contribution in [0.15, 0.2) is 42.5 Å². The number of hydrogen-bond acceptors (Lipinski definition) is 5. The second kappa shape index (κ2) is 14.7. The fourth-order valence-electron chi connectivity index (χ4n) is 5.89. The molecule has 0 unspecified atom stereocenters. The van der Waals surface area contributed by atoms with Gasteiger partial charge in [0.05, 0.1) is 0 Å². The van der Waals surface area contributed by atoms with Gasteiger partial charge >= 0.3 is 0 Å². The lowest BCUT2D eigenvalue weighted by atomic mass is 9.79. The lowest BCUT2D eigenvalue weighted by Crippen LogP contribution is -2.63. The Kier molecular flexibility index (Phi) is 11.3. The Hall–Kier alpha value is -2.36. The molecular formula is C30H38Cl3N5O3. The number of carbonyl (C=O) groups is 3. The summed E-state index contributed by atoms with van der Waals surface area (Å²) in [6, 6.07) is 11.3. The molecule has 41 heavy (non-hydrogen) atoms. The predicted octanol–water partition coefficient (Wildman–Crippen LogP) is 4.30. The fraction of sp³-hybridized carbons (Fsp3) is 0.500. The fourth-order valence-corrected chi connectivity index (χ4v) is 6.50. The Morgan fingerprint density at radius 3 is 2.20 bits per heavy atom. The van der Waals surface area contributed by atoms with Crippen LogP contribution in [-0.4, -0.2) is 78.4 Å². The second-order valence-corrected chi connectivity index (χ2v) is 12.2. The Morgan fingerprint density at radius 1 is 0.902 bits per heavy atom. The van der Waals surface area contributed by atoms with E-state index in [1.54, 1.807) is 42.5 Å². The van der Waals surface area contributed by atoms with E-state index in [0.717, 1.165) is 31.2 Å². The number of piperazine rings is 1. The molecule has 2 aliphatic rings. The molecular weight excluding hydrogens is 585 g/mol. The number of nitrogens with zero attached hydrogens (tertiary/aromatic N) is 2. The van der Waals surface area contributed by atoms with Crippen LogP contribution in [0.5, 0.6) is 0 Å². The minimum atomic E-state index is -0.762. The van der Waals surface area contributed by atoms with Crippen molar-refractivity contribution in [2.75, 3.05) is 39.3 Å². The number of hydrogen-bond donors (Lipinski definition) is 3. The maximum Gasteiger partial charge on any atom is 0.251 e. The van der Waals surface area contributed by atoms with Gasteiger partial charge in [0.2, 0.25) is 11.8 Å². The molecule has 1 saturated carbocycles. The summed E-state index contributed by atoms with van der Waals surface area (Å²) in [7, 11) is 0. The minimum absolute atomic E-state index is 0.114. The highest BCUT2D eigenvalue weighted by molar-refractivity contribution is 6.35. The van der Waals surface area contributed by atoms with E-state index in [-0.39, 0.29) is 42.6 Å². The number of rotatable bonds is 10. The number of halogens is 3. The van der Waals surface area contributed by atoms with Crippen molar-refractivity contribution in [3.8, 4) is 0 Å². The van der Waals surface area contributed by atoms with Crippen LogP contribution in [0.3, 0.4) is 0 Å². The molecule has 3 amide bonds. The highest BCUT2D eigenvalue weighted by Gasteiger charge is 2.41. The van der Waals surface area contributed by atoms with Gasteiger partial charge in [-0.1, -0.05) is 60.1 Å². The van der Waals surface area contributed by atoms with Crippen molar-refractivity contribution in [1.29, 1.82) is 0 Å². The van der Waals surface area contributed by atoms with Crippen LogP contribution in [0.2, 0.25) is 15.1 Å². The summed E-state index contributed by atoms with van der Waals surface area (Å²) in [4.78, 5) is 43.3. The summed E-state index contributed by atoms with van der Waals surface area (Å²) < 4.78 is 0. The molecule has 1 saturated heterocycles. The number of amides is 3. The summed E-state index contributed by atoms with van der Waals surface area (Å²) in [6.45, 7) is 3.19. The molecule has 0 radical (unpaired) electrons. The zero-order valence-corrected chi connectivity index (χ0v) is 25.4. The van der Waals surface area contributed by atoms with E-state index in [4.69, 9.17) is 40.5 Å². The van der Waals surface area contributed by atoms with Gasteiger partial charge in [0.25, 0.3) is 5.91 Å². The average Bonchev–Trinajstić information content (AvgIpc) is 2.97. The molecule has 8 nitrogen and oxygen atoms in total. The molecule has 1 atom stereocenters. The quantitative estimate of drug-likeness (QED) is 0.366. The largest absolute Gasteiger partial charge is 0.350 e. The molecule has 2 aromatic rings. The molecule has 2 aromatic carbocycles. The topological polar surface area (TPSA) is 108 Å². The van der Waals surface area contributed by atoms with Crippen LogP contribution in [-0.2, 0) is 16.0 Å². The third-order valence-corrected chi connectivity index (χ3v) is 9.01. The lowest BCUT2D eigenvalue weighted by Gasteiger charge is -2.50. The first-order valence-electron chi connectivity index (χ1n) is 14.2. The van der Waals surface area contributed by atoms with E-state index in [9.17, 15) is 14.4 Å². The third kappa shape index (κ3) is 8.36. The summed E-state index contributed by atoms with van der Waals surface area (Å²) in [5.41, 5.74) is 6.74. The van der Waals surface area contributed by atoms with Crippen molar-refractivity contribution in [3.63, 3.8) is 0 Å². The molecule has 222 valence electrons. The van der Waals surface area contributed by atoms with E-state index < -0.39 is 6.04 Å². The van der Waals surface area contributed by atoms with Crippen molar-refractivity contribution in [2.24, 2.45) is 5.73 Å². The molecule has 2 fully saturated rings. The standard InChI is InChI=1S/C30H38Cl3N5O3/c31-23-7-4-21(5-8-23)28(40)35-20-30(11-2-1-3-12-30)38-16-14-37(15-17-38)29(41)26(36-27(39)10-13-34)18-22-6-9-24(32)19-25(22)33/h4-9,19,26H,1-3,10-18,20,34H2,(H,35,40)(H,36,39)/t26-/m1/s1. The summed E-state index contributed by atoms with van der Waals surface area (Å²) in [5.74, 6) is -0.528. The van der Waals surface area contributed by atoms with Gasteiger partial charge in [-0.25, -0.2) is 0 Å². The highest BCUT2D eigenvalue weighted by Crippen LogP contribution is 2.34. The van der Waals surface area contributed by atoms with Gasteiger partial charge in [-0.15, -0.1) is 0 Å².